The van der Waals surface area contributed by atoms with Gasteiger partial charge in [0.15, 0.2) is 0 Å². The van der Waals surface area contributed by atoms with Crippen molar-refractivity contribution in [2.75, 3.05) is 0 Å². The molecule has 4 rings (SSSR count). The van der Waals surface area contributed by atoms with E-state index in [1.807, 2.05) is 0 Å². The Kier molecular flexibility index (Phi) is 6.03. The summed E-state index contributed by atoms with van der Waals surface area (Å²) in [5.74, 6) is 0. The SMILES string of the molecule is c1ccc([C@@H](NC2CCCC2)[C@@H](NC2CCCC2)c2ccccc2)cc1. The average Bonchev–Trinajstić information content (AvgIpc) is 3.40. The maximum Gasteiger partial charge on any atom is 0.0520 e. The second kappa shape index (κ2) is 8.83. The minimum Gasteiger partial charge on any atom is -0.306 e. The van der Waals surface area contributed by atoms with Crippen LogP contribution in [0.15, 0.2) is 60.7 Å². The van der Waals surface area contributed by atoms with Gasteiger partial charge in [-0.05, 0) is 36.8 Å². The molecule has 2 fully saturated rings. The molecule has 0 heterocycles. The van der Waals surface area contributed by atoms with Crippen LogP contribution in [0.3, 0.4) is 0 Å². The molecular formula is C24H32N2. The molecule has 2 aromatic rings. The number of hydrogen-bond acceptors (Lipinski definition) is 2. The lowest BCUT2D eigenvalue weighted by Gasteiger charge is -2.34. The van der Waals surface area contributed by atoms with Gasteiger partial charge >= 0.3 is 0 Å². The van der Waals surface area contributed by atoms with Gasteiger partial charge in [0.2, 0.25) is 0 Å². The number of benzene rings is 2. The van der Waals surface area contributed by atoms with Gasteiger partial charge in [0, 0.05) is 12.1 Å². The van der Waals surface area contributed by atoms with E-state index in [0.717, 1.165) is 0 Å². The van der Waals surface area contributed by atoms with E-state index in [0.29, 0.717) is 24.2 Å². The molecule has 0 unspecified atom stereocenters. The van der Waals surface area contributed by atoms with Crippen molar-refractivity contribution in [2.45, 2.75) is 75.5 Å². The van der Waals surface area contributed by atoms with Crippen LogP contribution >= 0.6 is 0 Å². The van der Waals surface area contributed by atoms with E-state index in [4.69, 9.17) is 0 Å². The van der Waals surface area contributed by atoms with Crippen molar-refractivity contribution in [1.82, 2.24) is 10.6 Å². The van der Waals surface area contributed by atoms with Crippen LogP contribution in [-0.2, 0) is 0 Å². The number of rotatable bonds is 7. The van der Waals surface area contributed by atoms with Crippen LogP contribution in [0.25, 0.3) is 0 Å². The lowest BCUT2D eigenvalue weighted by Crippen LogP contribution is -2.42. The molecule has 0 aromatic heterocycles. The fourth-order valence-electron chi connectivity index (χ4n) is 4.78. The van der Waals surface area contributed by atoms with Crippen molar-refractivity contribution >= 4 is 0 Å². The average molecular weight is 349 g/mol. The van der Waals surface area contributed by atoms with Crippen LogP contribution in [0, 0.1) is 0 Å². The van der Waals surface area contributed by atoms with Gasteiger partial charge in [0.05, 0.1) is 12.1 Å². The zero-order valence-electron chi connectivity index (χ0n) is 15.7. The molecule has 138 valence electrons. The van der Waals surface area contributed by atoms with Crippen LogP contribution in [0.1, 0.15) is 74.6 Å². The summed E-state index contributed by atoms with van der Waals surface area (Å²) in [5.41, 5.74) is 2.80. The van der Waals surface area contributed by atoms with E-state index >= 15 is 0 Å². The summed E-state index contributed by atoms with van der Waals surface area (Å²) in [6.07, 6.45) is 10.7. The van der Waals surface area contributed by atoms with E-state index in [1.165, 1.54) is 62.5 Å². The topological polar surface area (TPSA) is 24.1 Å². The summed E-state index contributed by atoms with van der Waals surface area (Å²) in [7, 11) is 0. The molecule has 0 aliphatic heterocycles. The fraction of sp³-hybridized carbons (Fsp3) is 0.500. The highest BCUT2D eigenvalue weighted by molar-refractivity contribution is 5.28. The highest BCUT2D eigenvalue weighted by atomic mass is 15.1. The normalized spacial score (nSPS) is 21.1. The Balaban J connectivity index is 1.64. The van der Waals surface area contributed by atoms with E-state index in [9.17, 15) is 0 Å². The minimum atomic E-state index is 0.322. The van der Waals surface area contributed by atoms with Crippen LogP contribution in [-0.4, -0.2) is 12.1 Å². The molecule has 2 aliphatic rings. The second-order valence-corrected chi connectivity index (χ2v) is 8.07. The molecule has 2 heteroatoms. The largest absolute Gasteiger partial charge is 0.306 e. The van der Waals surface area contributed by atoms with E-state index in [1.54, 1.807) is 0 Å². The maximum absolute atomic E-state index is 4.04. The van der Waals surface area contributed by atoms with Crippen LogP contribution in [0.5, 0.6) is 0 Å². The first kappa shape index (κ1) is 17.8. The standard InChI is InChI=1S/C24H32N2/c1-3-11-19(12-4-1)23(25-21-15-7-8-16-21)24(20-13-5-2-6-14-20)26-22-17-9-10-18-22/h1-6,11-14,21-26H,7-10,15-18H2/t23-,24+. The predicted molar refractivity (Wildman–Crippen MR) is 109 cm³/mol. The Bertz CT molecular complexity index is 583. The molecule has 0 amide bonds. The fourth-order valence-corrected chi connectivity index (χ4v) is 4.78. The van der Waals surface area contributed by atoms with Crippen LogP contribution in [0.4, 0.5) is 0 Å². The minimum absolute atomic E-state index is 0.322. The molecule has 0 saturated heterocycles. The smallest absolute Gasteiger partial charge is 0.0520 e. The molecule has 2 aromatic carbocycles. The van der Waals surface area contributed by atoms with Gasteiger partial charge in [-0.3, -0.25) is 0 Å². The van der Waals surface area contributed by atoms with Crippen LogP contribution < -0.4 is 10.6 Å². The summed E-state index contributed by atoms with van der Waals surface area (Å²) in [6.45, 7) is 0. The highest BCUT2D eigenvalue weighted by Gasteiger charge is 2.30. The Morgan fingerprint density at radius 3 is 1.23 bits per heavy atom. The van der Waals surface area contributed by atoms with Gasteiger partial charge in [-0.2, -0.15) is 0 Å². The van der Waals surface area contributed by atoms with Crippen molar-refractivity contribution in [3.05, 3.63) is 71.8 Å². The molecule has 2 aliphatic carbocycles. The summed E-state index contributed by atoms with van der Waals surface area (Å²) < 4.78 is 0. The molecule has 0 radical (unpaired) electrons. The molecule has 26 heavy (non-hydrogen) atoms. The molecule has 2 nitrogen and oxygen atoms in total. The van der Waals surface area contributed by atoms with Gasteiger partial charge in [0.25, 0.3) is 0 Å². The zero-order chi connectivity index (χ0) is 17.6. The summed E-state index contributed by atoms with van der Waals surface area (Å²) in [6, 6.07) is 24.1. The Hall–Kier alpha value is -1.64. The molecule has 0 bridgehead atoms. The summed E-state index contributed by atoms with van der Waals surface area (Å²) in [5, 5.41) is 8.08. The molecule has 2 N–H and O–H groups in total. The van der Waals surface area contributed by atoms with Crippen molar-refractivity contribution < 1.29 is 0 Å². The predicted octanol–water partition coefficient (Wildman–Crippen LogP) is 5.53. The third-order valence-corrected chi connectivity index (χ3v) is 6.19. The Labute approximate surface area is 158 Å². The lowest BCUT2D eigenvalue weighted by atomic mass is 9.91. The Morgan fingerprint density at radius 1 is 0.538 bits per heavy atom. The van der Waals surface area contributed by atoms with Crippen molar-refractivity contribution in [1.29, 1.82) is 0 Å². The zero-order valence-corrected chi connectivity index (χ0v) is 15.7. The molecule has 0 spiro atoms. The van der Waals surface area contributed by atoms with Gasteiger partial charge in [-0.1, -0.05) is 86.3 Å². The molecule has 2 saturated carbocycles. The van der Waals surface area contributed by atoms with E-state index < -0.39 is 0 Å². The second-order valence-electron chi connectivity index (χ2n) is 8.07. The lowest BCUT2D eigenvalue weighted by molar-refractivity contribution is 0.317. The molecular weight excluding hydrogens is 316 g/mol. The summed E-state index contributed by atoms with van der Waals surface area (Å²) >= 11 is 0. The van der Waals surface area contributed by atoms with Crippen molar-refractivity contribution in [2.24, 2.45) is 0 Å². The number of hydrogen-bond donors (Lipinski definition) is 2. The van der Waals surface area contributed by atoms with Crippen molar-refractivity contribution in [3.8, 4) is 0 Å². The first-order valence-corrected chi connectivity index (χ1v) is 10.5. The van der Waals surface area contributed by atoms with Crippen LogP contribution in [0.2, 0.25) is 0 Å². The van der Waals surface area contributed by atoms with E-state index in [2.05, 4.69) is 71.3 Å². The van der Waals surface area contributed by atoms with Gasteiger partial charge < -0.3 is 10.6 Å². The maximum atomic E-state index is 4.04. The van der Waals surface area contributed by atoms with E-state index in [-0.39, 0.29) is 0 Å². The van der Waals surface area contributed by atoms with Gasteiger partial charge in [-0.25, -0.2) is 0 Å². The monoisotopic (exact) mass is 348 g/mol. The van der Waals surface area contributed by atoms with Crippen molar-refractivity contribution in [3.63, 3.8) is 0 Å². The van der Waals surface area contributed by atoms with Gasteiger partial charge in [-0.15, -0.1) is 0 Å². The van der Waals surface area contributed by atoms with Gasteiger partial charge in [0.1, 0.15) is 0 Å². The third-order valence-electron chi connectivity index (χ3n) is 6.19. The molecule has 2 atom stereocenters. The quantitative estimate of drug-likeness (QED) is 0.687. The highest BCUT2D eigenvalue weighted by Crippen LogP contribution is 2.33. The first-order valence-electron chi connectivity index (χ1n) is 10.5. The third kappa shape index (κ3) is 4.36. The first-order chi connectivity index (χ1) is 12.9. The number of nitrogens with one attached hydrogen (secondary N) is 2. The summed E-state index contributed by atoms with van der Waals surface area (Å²) in [4.78, 5) is 0. The Morgan fingerprint density at radius 2 is 0.885 bits per heavy atom.